The lowest BCUT2D eigenvalue weighted by atomic mass is 10.0. The van der Waals surface area contributed by atoms with Crippen LogP contribution in [0.15, 0.2) is 47.4 Å². The smallest absolute Gasteiger partial charge is 0.254 e. The molecular weight excluding hydrogens is 431 g/mol. The Morgan fingerprint density at radius 1 is 1.12 bits per heavy atom. The minimum absolute atomic E-state index is 0.122. The number of carbonyl (C=O) groups excluding carboxylic acids is 1. The van der Waals surface area contributed by atoms with E-state index in [0.29, 0.717) is 12.5 Å². The van der Waals surface area contributed by atoms with E-state index >= 15 is 0 Å². The zero-order chi connectivity index (χ0) is 22.9. The fraction of sp³-hybridized carbons (Fsp3) is 0.458. The van der Waals surface area contributed by atoms with E-state index in [2.05, 4.69) is 26.0 Å². The first-order valence-corrected chi connectivity index (χ1v) is 12.5. The fourth-order valence-electron chi connectivity index (χ4n) is 3.88. The third kappa shape index (κ3) is 4.87. The van der Waals surface area contributed by atoms with Crippen molar-refractivity contribution in [2.24, 2.45) is 0 Å². The van der Waals surface area contributed by atoms with Crippen molar-refractivity contribution >= 4 is 15.9 Å². The van der Waals surface area contributed by atoms with Crippen LogP contribution in [0.25, 0.3) is 0 Å². The van der Waals surface area contributed by atoms with Gasteiger partial charge < -0.3 is 9.64 Å². The Balaban J connectivity index is 1.59. The van der Waals surface area contributed by atoms with Gasteiger partial charge >= 0.3 is 0 Å². The number of benzene rings is 2. The molecule has 0 spiro atoms. The normalized spacial score (nSPS) is 17.5. The second-order valence-electron chi connectivity index (χ2n) is 8.72. The first kappa shape index (κ1) is 22.9. The first-order valence-electron chi connectivity index (χ1n) is 11.0. The third-order valence-electron chi connectivity index (χ3n) is 6.01. The summed E-state index contributed by atoms with van der Waals surface area (Å²) >= 11 is 0. The number of ether oxygens (including phenoxy) is 1. The van der Waals surface area contributed by atoms with Gasteiger partial charge in [-0.15, -0.1) is 0 Å². The van der Waals surface area contributed by atoms with Crippen molar-refractivity contribution in [1.82, 2.24) is 9.21 Å². The van der Waals surface area contributed by atoms with Crippen LogP contribution < -0.4 is 0 Å². The lowest BCUT2D eigenvalue weighted by Crippen LogP contribution is -2.41. The van der Waals surface area contributed by atoms with Gasteiger partial charge in [-0.25, -0.2) is 12.8 Å². The van der Waals surface area contributed by atoms with Crippen molar-refractivity contribution in [3.05, 3.63) is 65.0 Å². The highest BCUT2D eigenvalue weighted by molar-refractivity contribution is 7.89. The van der Waals surface area contributed by atoms with Gasteiger partial charge in [-0.05, 0) is 48.1 Å². The molecule has 0 atom stereocenters. The molecular formula is C24H29FN2O4S. The van der Waals surface area contributed by atoms with Gasteiger partial charge in [0, 0.05) is 31.2 Å². The molecule has 0 bridgehead atoms. The van der Waals surface area contributed by atoms with Gasteiger partial charge in [0.2, 0.25) is 10.0 Å². The van der Waals surface area contributed by atoms with Crippen LogP contribution in [0.5, 0.6) is 0 Å². The number of halogens is 1. The molecule has 32 heavy (non-hydrogen) atoms. The Labute approximate surface area is 189 Å². The minimum Gasteiger partial charge on any atom is -0.379 e. The maximum atomic E-state index is 14.5. The average molecular weight is 461 g/mol. The number of sulfonamides is 1. The van der Waals surface area contributed by atoms with Gasteiger partial charge in [0.1, 0.15) is 10.7 Å². The topological polar surface area (TPSA) is 66.9 Å². The number of nitrogens with zero attached hydrogens (tertiary/aromatic N) is 2. The molecule has 1 saturated heterocycles. The van der Waals surface area contributed by atoms with E-state index in [9.17, 15) is 17.6 Å². The summed E-state index contributed by atoms with van der Waals surface area (Å²) in [6.45, 7) is 5.57. The van der Waals surface area contributed by atoms with Gasteiger partial charge in [-0.3, -0.25) is 4.79 Å². The minimum atomic E-state index is -4.04. The van der Waals surface area contributed by atoms with E-state index in [0.717, 1.165) is 24.5 Å². The van der Waals surface area contributed by atoms with Crippen LogP contribution in [0.1, 0.15) is 54.1 Å². The summed E-state index contributed by atoms with van der Waals surface area (Å²) < 4.78 is 46.9. The molecule has 0 aromatic heterocycles. The maximum absolute atomic E-state index is 14.5. The van der Waals surface area contributed by atoms with Crippen molar-refractivity contribution in [1.29, 1.82) is 0 Å². The van der Waals surface area contributed by atoms with Crippen molar-refractivity contribution < 1.29 is 22.3 Å². The van der Waals surface area contributed by atoms with Crippen LogP contribution in [-0.4, -0.2) is 55.9 Å². The Hall–Kier alpha value is -2.29. The molecule has 2 fully saturated rings. The summed E-state index contributed by atoms with van der Waals surface area (Å²) in [7, 11) is -4.04. The summed E-state index contributed by atoms with van der Waals surface area (Å²) in [5, 5.41) is 0. The van der Waals surface area contributed by atoms with Gasteiger partial charge in [0.25, 0.3) is 5.91 Å². The second-order valence-corrected chi connectivity index (χ2v) is 10.6. The lowest BCUT2D eigenvalue weighted by molar-refractivity contribution is 0.0724. The number of rotatable bonds is 7. The summed E-state index contributed by atoms with van der Waals surface area (Å²) in [5.41, 5.74) is 2.43. The maximum Gasteiger partial charge on any atom is 0.254 e. The van der Waals surface area contributed by atoms with Crippen LogP contribution in [0.3, 0.4) is 0 Å². The predicted octanol–water partition coefficient (Wildman–Crippen LogP) is 3.77. The van der Waals surface area contributed by atoms with Crippen molar-refractivity contribution in [3.63, 3.8) is 0 Å². The van der Waals surface area contributed by atoms with E-state index in [1.165, 1.54) is 22.0 Å². The van der Waals surface area contributed by atoms with Gasteiger partial charge in [-0.1, -0.05) is 38.1 Å². The monoisotopic (exact) mass is 460 g/mol. The van der Waals surface area contributed by atoms with E-state index in [-0.39, 0.29) is 43.8 Å². The zero-order valence-electron chi connectivity index (χ0n) is 18.5. The van der Waals surface area contributed by atoms with Crippen molar-refractivity contribution in [2.75, 3.05) is 26.3 Å². The van der Waals surface area contributed by atoms with Gasteiger partial charge in [0.15, 0.2) is 0 Å². The quantitative estimate of drug-likeness (QED) is 0.631. The van der Waals surface area contributed by atoms with E-state index < -0.39 is 20.7 Å². The molecule has 6 nitrogen and oxygen atoms in total. The Morgan fingerprint density at radius 2 is 1.78 bits per heavy atom. The molecule has 0 N–H and O–H groups in total. The summed E-state index contributed by atoms with van der Waals surface area (Å²) in [5.74, 6) is -0.703. The molecule has 8 heteroatoms. The van der Waals surface area contributed by atoms with Gasteiger partial charge in [0.05, 0.1) is 13.2 Å². The number of hydrogen-bond acceptors (Lipinski definition) is 4. The molecule has 2 aromatic rings. The lowest BCUT2D eigenvalue weighted by Gasteiger charge is -2.27. The van der Waals surface area contributed by atoms with Gasteiger partial charge in [-0.2, -0.15) is 4.31 Å². The molecule has 2 aromatic carbocycles. The third-order valence-corrected chi connectivity index (χ3v) is 7.93. The SMILES string of the molecule is CC(C)c1ccc(CN(C(=O)c2ccc(F)c(S(=O)(=O)N3CCOCC3)c2)C2CC2)cc1. The van der Waals surface area contributed by atoms with E-state index in [1.54, 1.807) is 4.90 Å². The number of amides is 1. The Bertz CT molecular complexity index is 1080. The summed E-state index contributed by atoms with van der Waals surface area (Å²) in [6, 6.07) is 11.9. The van der Waals surface area contributed by atoms with Crippen molar-refractivity contribution in [3.8, 4) is 0 Å². The highest BCUT2D eigenvalue weighted by atomic mass is 32.2. The standard InChI is InChI=1S/C24H29FN2O4S/c1-17(2)19-5-3-18(4-6-19)16-27(21-8-9-21)24(28)20-7-10-22(25)23(15-20)32(29,30)26-11-13-31-14-12-26/h3-7,10,15,17,21H,8-9,11-14,16H2,1-2H3. The molecule has 2 aliphatic rings. The zero-order valence-corrected chi connectivity index (χ0v) is 19.3. The Morgan fingerprint density at radius 3 is 2.38 bits per heavy atom. The molecule has 1 aliphatic heterocycles. The highest BCUT2D eigenvalue weighted by Crippen LogP contribution is 2.31. The largest absolute Gasteiger partial charge is 0.379 e. The Kier molecular flexibility index (Phi) is 6.65. The van der Waals surface area contributed by atoms with Crippen molar-refractivity contribution in [2.45, 2.75) is 50.1 Å². The van der Waals surface area contributed by atoms with Crippen LogP contribution in [0.4, 0.5) is 4.39 Å². The molecule has 1 amide bonds. The molecule has 4 rings (SSSR count). The van der Waals surface area contributed by atoms with Crippen LogP contribution in [0.2, 0.25) is 0 Å². The van der Waals surface area contributed by atoms with Crippen LogP contribution >= 0.6 is 0 Å². The van der Waals surface area contributed by atoms with Crippen LogP contribution in [0, 0.1) is 5.82 Å². The molecule has 0 radical (unpaired) electrons. The molecule has 0 unspecified atom stereocenters. The second kappa shape index (κ2) is 9.29. The molecule has 1 heterocycles. The number of carbonyl (C=O) groups is 1. The molecule has 1 aliphatic carbocycles. The summed E-state index contributed by atoms with van der Waals surface area (Å²) in [6.07, 6.45) is 1.83. The van der Waals surface area contributed by atoms with E-state index in [1.807, 2.05) is 12.1 Å². The van der Waals surface area contributed by atoms with E-state index in [4.69, 9.17) is 4.74 Å². The highest BCUT2D eigenvalue weighted by Gasteiger charge is 2.35. The first-order chi connectivity index (χ1) is 15.3. The predicted molar refractivity (Wildman–Crippen MR) is 119 cm³/mol. The molecule has 172 valence electrons. The number of morpholine rings is 1. The average Bonchev–Trinajstić information content (AvgIpc) is 3.63. The molecule has 1 saturated carbocycles. The number of hydrogen-bond donors (Lipinski definition) is 0. The van der Waals surface area contributed by atoms with Crippen LogP contribution in [-0.2, 0) is 21.3 Å². The fourth-order valence-corrected chi connectivity index (χ4v) is 5.38. The summed E-state index contributed by atoms with van der Waals surface area (Å²) in [4.78, 5) is 14.7.